The number of hydrogen-bond donors (Lipinski definition) is 3. The molecular weight excluding hydrogens is 315 g/mol. The molecule has 2 unspecified atom stereocenters. The third-order valence-corrected chi connectivity index (χ3v) is 3.65. The first-order chi connectivity index (χ1) is 10.6. The maximum Gasteiger partial charge on any atom is 0.416 e. The molecule has 3 amide bonds. The summed E-state index contributed by atoms with van der Waals surface area (Å²) in [5, 5.41) is 2.15. The molecule has 1 aromatic rings. The lowest BCUT2D eigenvalue weighted by Crippen LogP contribution is -2.52. The summed E-state index contributed by atoms with van der Waals surface area (Å²) in [6.45, 7) is 0. The minimum atomic E-state index is -4.42. The van der Waals surface area contributed by atoms with Crippen molar-refractivity contribution in [3.63, 3.8) is 0 Å². The summed E-state index contributed by atoms with van der Waals surface area (Å²) in [5.41, 5.74) is 9.70. The minimum Gasteiger partial charge on any atom is -0.367 e. The van der Waals surface area contributed by atoms with Crippen LogP contribution in [-0.2, 0) is 20.6 Å². The molecule has 2 rings (SSSR count). The van der Waals surface area contributed by atoms with E-state index in [0.29, 0.717) is 12.0 Å². The van der Waals surface area contributed by atoms with Gasteiger partial charge in [0.1, 0.15) is 0 Å². The fraction of sp³-hybridized carbons (Fsp3) is 0.357. The second-order valence-corrected chi connectivity index (χ2v) is 5.31. The zero-order chi connectivity index (χ0) is 17.4. The number of primary amides is 2. The summed E-state index contributed by atoms with van der Waals surface area (Å²) >= 11 is 0. The van der Waals surface area contributed by atoms with E-state index in [1.807, 2.05) is 0 Å². The first-order valence-electron chi connectivity index (χ1n) is 6.67. The van der Waals surface area contributed by atoms with Crippen molar-refractivity contribution < 1.29 is 27.6 Å². The van der Waals surface area contributed by atoms with Crippen LogP contribution >= 0.6 is 0 Å². The van der Waals surface area contributed by atoms with Gasteiger partial charge >= 0.3 is 6.18 Å². The number of rotatable bonds is 5. The van der Waals surface area contributed by atoms with Crippen molar-refractivity contribution in [2.45, 2.75) is 24.6 Å². The van der Waals surface area contributed by atoms with Crippen LogP contribution in [0.5, 0.6) is 0 Å². The lowest BCUT2D eigenvalue weighted by molar-refractivity contribution is -0.137. The molecule has 0 heterocycles. The van der Waals surface area contributed by atoms with Crippen LogP contribution in [0.4, 0.5) is 13.2 Å². The topological polar surface area (TPSA) is 115 Å². The molecule has 1 aromatic carbocycles. The highest BCUT2D eigenvalue weighted by atomic mass is 19.4. The molecule has 9 heteroatoms. The van der Waals surface area contributed by atoms with Gasteiger partial charge in [0, 0.05) is 5.92 Å². The molecule has 5 N–H and O–H groups in total. The van der Waals surface area contributed by atoms with Gasteiger partial charge in [-0.05, 0) is 30.0 Å². The van der Waals surface area contributed by atoms with Crippen LogP contribution in [0.15, 0.2) is 24.3 Å². The maximum atomic E-state index is 12.5. The number of carbonyl (C=O) groups is 3. The molecule has 1 aliphatic carbocycles. The molecule has 1 fully saturated rings. The SMILES string of the molecule is NC(=O)C(NC(=O)C1CC1c1ccc(C(F)(F)F)cc1)C(N)=O. The third kappa shape index (κ3) is 3.79. The third-order valence-electron chi connectivity index (χ3n) is 3.65. The van der Waals surface area contributed by atoms with Crippen molar-refractivity contribution in [1.82, 2.24) is 5.32 Å². The van der Waals surface area contributed by atoms with E-state index in [0.717, 1.165) is 12.1 Å². The van der Waals surface area contributed by atoms with Gasteiger partial charge in [0.05, 0.1) is 5.56 Å². The van der Waals surface area contributed by atoms with Gasteiger partial charge in [-0.3, -0.25) is 14.4 Å². The summed E-state index contributed by atoms with van der Waals surface area (Å²) in [4.78, 5) is 33.9. The molecule has 0 aliphatic heterocycles. The Morgan fingerprint density at radius 2 is 1.61 bits per heavy atom. The quantitative estimate of drug-likeness (QED) is 0.673. The van der Waals surface area contributed by atoms with Crippen molar-refractivity contribution in [2.24, 2.45) is 17.4 Å². The minimum absolute atomic E-state index is 0.265. The van der Waals surface area contributed by atoms with Crippen molar-refractivity contribution >= 4 is 17.7 Å². The molecule has 23 heavy (non-hydrogen) atoms. The van der Waals surface area contributed by atoms with Gasteiger partial charge in [-0.1, -0.05) is 12.1 Å². The molecule has 0 saturated heterocycles. The average Bonchev–Trinajstić information content (AvgIpc) is 3.23. The first-order valence-corrected chi connectivity index (χ1v) is 6.67. The van der Waals surface area contributed by atoms with Crippen molar-refractivity contribution in [3.8, 4) is 0 Å². The number of nitrogens with one attached hydrogen (secondary N) is 1. The Morgan fingerprint density at radius 3 is 2.04 bits per heavy atom. The van der Waals surface area contributed by atoms with Gasteiger partial charge in [0.25, 0.3) is 0 Å². The maximum absolute atomic E-state index is 12.5. The van der Waals surface area contributed by atoms with Crippen molar-refractivity contribution in [1.29, 1.82) is 0 Å². The molecule has 0 spiro atoms. The highest BCUT2D eigenvalue weighted by molar-refractivity contribution is 6.06. The Balaban J connectivity index is 2.00. The molecule has 1 aliphatic rings. The van der Waals surface area contributed by atoms with Crippen LogP contribution in [0, 0.1) is 5.92 Å². The first kappa shape index (κ1) is 16.8. The number of alkyl halides is 3. The fourth-order valence-corrected chi connectivity index (χ4v) is 2.30. The number of amides is 3. The Morgan fingerprint density at radius 1 is 1.09 bits per heavy atom. The lowest BCUT2D eigenvalue weighted by Gasteiger charge is -2.12. The monoisotopic (exact) mass is 329 g/mol. The molecule has 0 bridgehead atoms. The van der Waals surface area contributed by atoms with Crippen molar-refractivity contribution in [2.75, 3.05) is 0 Å². The second-order valence-electron chi connectivity index (χ2n) is 5.31. The highest BCUT2D eigenvalue weighted by Gasteiger charge is 2.45. The van der Waals surface area contributed by atoms with Crippen LogP contribution in [0.25, 0.3) is 0 Å². The molecule has 2 atom stereocenters. The molecular formula is C14H14F3N3O3. The number of hydrogen-bond acceptors (Lipinski definition) is 3. The van der Waals surface area contributed by atoms with Gasteiger partial charge < -0.3 is 16.8 Å². The molecule has 124 valence electrons. The van der Waals surface area contributed by atoms with E-state index in [4.69, 9.17) is 11.5 Å². The fourth-order valence-electron chi connectivity index (χ4n) is 2.30. The van der Waals surface area contributed by atoms with Crippen LogP contribution in [-0.4, -0.2) is 23.8 Å². The van der Waals surface area contributed by atoms with E-state index in [9.17, 15) is 27.6 Å². The van der Waals surface area contributed by atoms with Crippen LogP contribution in [0.1, 0.15) is 23.5 Å². The van der Waals surface area contributed by atoms with Gasteiger partial charge in [0.15, 0.2) is 6.04 Å². The summed E-state index contributed by atoms with van der Waals surface area (Å²) in [5.74, 6) is -3.53. The standard InChI is InChI=1S/C14H14F3N3O3/c15-14(16,17)7-3-1-6(2-4-7)8-5-9(8)13(23)20-10(11(18)21)12(19)22/h1-4,8-10H,5H2,(H2,18,21)(H2,19,22)(H,20,23). The van der Waals surface area contributed by atoms with Crippen LogP contribution in [0.2, 0.25) is 0 Å². The van der Waals surface area contributed by atoms with Crippen LogP contribution < -0.4 is 16.8 Å². The number of nitrogens with two attached hydrogens (primary N) is 2. The smallest absolute Gasteiger partial charge is 0.367 e. The summed E-state index contributed by atoms with van der Waals surface area (Å²) < 4.78 is 37.5. The van der Waals surface area contributed by atoms with Crippen molar-refractivity contribution in [3.05, 3.63) is 35.4 Å². The largest absolute Gasteiger partial charge is 0.416 e. The van der Waals surface area contributed by atoms with Crippen LogP contribution in [0.3, 0.4) is 0 Å². The lowest BCUT2D eigenvalue weighted by atomic mass is 10.1. The Hall–Kier alpha value is -2.58. The zero-order valence-corrected chi connectivity index (χ0v) is 11.8. The molecule has 0 aromatic heterocycles. The summed E-state index contributed by atoms with van der Waals surface area (Å²) in [6.07, 6.45) is -4.02. The average molecular weight is 329 g/mol. The number of halogens is 3. The molecule has 1 saturated carbocycles. The Kier molecular flexibility index (Phi) is 4.31. The number of carbonyl (C=O) groups excluding carboxylic acids is 3. The zero-order valence-electron chi connectivity index (χ0n) is 11.8. The number of benzene rings is 1. The van der Waals surface area contributed by atoms with E-state index in [1.165, 1.54) is 12.1 Å². The molecule has 0 radical (unpaired) electrons. The van der Waals surface area contributed by atoms with Gasteiger partial charge in [0.2, 0.25) is 17.7 Å². The highest BCUT2D eigenvalue weighted by Crippen LogP contribution is 2.48. The van der Waals surface area contributed by atoms with Gasteiger partial charge in [-0.2, -0.15) is 13.2 Å². The van der Waals surface area contributed by atoms with E-state index in [1.54, 1.807) is 0 Å². The summed E-state index contributed by atoms with van der Waals surface area (Å²) in [7, 11) is 0. The normalized spacial score (nSPS) is 20.2. The second kappa shape index (κ2) is 5.90. The summed E-state index contributed by atoms with van der Waals surface area (Å²) in [6, 6.07) is 2.90. The van der Waals surface area contributed by atoms with E-state index in [2.05, 4.69) is 5.32 Å². The molecule has 6 nitrogen and oxygen atoms in total. The van der Waals surface area contributed by atoms with Gasteiger partial charge in [-0.15, -0.1) is 0 Å². The predicted octanol–water partition coefficient (Wildman–Crippen LogP) is 0.264. The predicted molar refractivity (Wildman–Crippen MR) is 72.6 cm³/mol. The van der Waals surface area contributed by atoms with Gasteiger partial charge in [-0.25, -0.2) is 0 Å². The van der Waals surface area contributed by atoms with E-state index >= 15 is 0 Å². The van der Waals surface area contributed by atoms with E-state index < -0.39 is 41.4 Å². The Bertz CT molecular complexity index is 629. The Labute approximate surface area is 129 Å². The van der Waals surface area contributed by atoms with E-state index in [-0.39, 0.29) is 5.92 Å².